The van der Waals surface area contributed by atoms with Gasteiger partial charge in [0.1, 0.15) is 5.76 Å². The zero-order valence-electron chi connectivity index (χ0n) is 12.5. The third-order valence-electron chi connectivity index (χ3n) is 4.65. The maximum Gasteiger partial charge on any atom is 0.111 e. The van der Waals surface area contributed by atoms with E-state index in [4.69, 9.17) is 4.42 Å². The molecule has 0 fully saturated rings. The van der Waals surface area contributed by atoms with Gasteiger partial charge in [-0.1, -0.05) is 49.7 Å². The molecule has 1 aliphatic carbocycles. The van der Waals surface area contributed by atoms with E-state index in [-0.39, 0.29) is 0 Å². The number of furan rings is 1. The number of fused-ring (bicyclic) bond motifs is 3. The molecule has 1 heteroatoms. The first-order valence-corrected chi connectivity index (χ1v) is 7.94. The van der Waals surface area contributed by atoms with E-state index in [0.717, 1.165) is 19.3 Å². The van der Waals surface area contributed by atoms with Crippen LogP contribution in [0.1, 0.15) is 47.8 Å². The number of rotatable bonds is 3. The first-order valence-electron chi connectivity index (χ1n) is 7.94. The zero-order chi connectivity index (χ0) is 14.2. The van der Waals surface area contributed by atoms with Crippen molar-refractivity contribution in [3.8, 4) is 0 Å². The lowest BCUT2D eigenvalue weighted by Gasteiger charge is -2.17. The highest BCUT2D eigenvalue weighted by Crippen LogP contribution is 2.33. The first kappa shape index (κ1) is 12.7. The van der Waals surface area contributed by atoms with Crippen molar-refractivity contribution in [3.63, 3.8) is 0 Å². The summed E-state index contributed by atoms with van der Waals surface area (Å²) in [7, 11) is 0. The molecule has 3 aromatic rings. The van der Waals surface area contributed by atoms with Gasteiger partial charge >= 0.3 is 0 Å². The minimum atomic E-state index is 0.946. The van der Waals surface area contributed by atoms with Crippen LogP contribution < -0.4 is 0 Å². The van der Waals surface area contributed by atoms with E-state index < -0.39 is 0 Å². The Morgan fingerprint density at radius 3 is 2.43 bits per heavy atom. The van der Waals surface area contributed by atoms with Crippen molar-refractivity contribution in [1.29, 1.82) is 0 Å². The Morgan fingerprint density at radius 2 is 1.71 bits per heavy atom. The molecule has 0 bridgehead atoms. The smallest absolute Gasteiger partial charge is 0.111 e. The fourth-order valence-corrected chi connectivity index (χ4v) is 3.43. The number of aryl methyl sites for hydroxylation is 1. The molecule has 21 heavy (non-hydrogen) atoms. The monoisotopic (exact) mass is 276 g/mol. The normalized spacial score (nSPS) is 13.2. The highest BCUT2D eigenvalue weighted by atomic mass is 16.3. The minimum Gasteiger partial charge on any atom is -0.468 e. The van der Waals surface area contributed by atoms with Crippen LogP contribution in [0.3, 0.4) is 0 Å². The molecule has 0 amide bonds. The van der Waals surface area contributed by atoms with E-state index in [1.54, 1.807) is 0 Å². The van der Waals surface area contributed by atoms with Gasteiger partial charge in [-0.25, -0.2) is 0 Å². The Morgan fingerprint density at radius 1 is 1.00 bits per heavy atom. The van der Waals surface area contributed by atoms with Crippen molar-refractivity contribution < 1.29 is 4.42 Å². The number of hydrogen-bond donors (Lipinski definition) is 0. The summed E-state index contributed by atoms with van der Waals surface area (Å²) in [5, 5.41) is 2.68. The Kier molecular flexibility index (Phi) is 3.07. The Balaban J connectivity index is 1.75. The van der Waals surface area contributed by atoms with E-state index in [1.807, 2.05) is 6.26 Å². The lowest BCUT2D eigenvalue weighted by molar-refractivity contribution is 0.511. The van der Waals surface area contributed by atoms with Gasteiger partial charge in [0.15, 0.2) is 0 Å². The van der Waals surface area contributed by atoms with Gasteiger partial charge in [0.2, 0.25) is 0 Å². The van der Waals surface area contributed by atoms with Crippen molar-refractivity contribution >= 4 is 10.8 Å². The van der Waals surface area contributed by atoms with E-state index in [0.29, 0.717) is 0 Å². The van der Waals surface area contributed by atoms with Gasteiger partial charge in [0.25, 0.3) is 0 Å². The van der Waals surface area contributed by atoms with Gasteiger partial charge in [0, 0.05) is 18.4 Å². The largest absolute Gasteiger partial charge is 0.468 e. The summed E-state index contributed by atoms with van der Waals surface area (Å²) in [4.78, 5) is 0. The lowest BCUT2D eigenvalue weighted by Crippen LogP contribution is -2.07. The van der Waals surface area contributed by atoms with Crippen molar-refractivity contribution in [1.82, 2.24) is 0 Å². The molecule has 1 heterocycles. The van der Waals surface area contributed by atoms with Crippen LogP contribution in [0.15, 0.2) is 47.1 Å². The van der Waals surface area contributed by atoms with Crippen LogP contribution in [0.2, 0.25) is 0 Å². The van der Waals surface area contributed by atoms with Crippen LogP contribution in [0, 0.1) is 0 Å². The second kappa shape index (κ2) is 5.07. The summed E-state index contributed by atoms with van der Waals surface area (Å²) < 4.78 is 5.85. The molecule has 1 aliphatic rings. The summed E-state index contributed by atoms with van der Waals surface area (Å²) in [6, 6.07) is 13.3. The van der Waals surface area contributed by atoms with E-state index in [9.17, 15) is 0 Å². The van der Waals surface area contributed by atoms with Crippen LogP contribution in [0.5, 0.6) is 0 Å². The molecular weight excluding hydrogens is 256 g/mol. The highest BCUT2D eigenvalue weighted by Gasteiger charge is 2.21. The quantitative estimate of drug-likeness (QED) is 0.497. The fraction of sp³-hybridized carbons (Fsp3) is 0.300. The third-order valence-corrected chi connectivity index (χ3v) is 4.65. The predicted octanol–water partition coefficient (Wildman–Crippen LogP) is 5.27. The molecule has 0 atom stereocenters. The summed E-state index contributed by atoms with van der Waals surface area (Å²) in [5.74, 6) is 1.18. The molecule has 0 aliphatic heterocycles. The fourth-order valence-electron chi connectivity index (χ4n) is 3.43. The molecule has 0 saturated carbocycles. The zero-order valence-corrected chi connectivity index (χ0v) is 12.5. The van der Waals surface area contributed by atoms with Crippen molar-refractivity contribution in [2.45, 2.75) is 39.0 Å². The van der Waals surface area contributed by atoms with Gasteiger partial charge < -0.3 is 4.42 Å². The maximum atomic E-state index is 5.85. The second-order valence-corrected chi connectivity index (χ2v) is 6.09. The molecule has 0 N–H and O–H groups in total. The molecule has 1 aromatic heterocycles. The third kappa shape index (κ3) is 2.17. The van der Waals surface area contributed by atoms with Gasteiger partial charge in [-0.2, -0.15) is 0 Å². The summed E-state index contributed by atoms with van der Waals surface area (Å²) >= 11 is 0. The topological polar surface area (TPSA) is 13.1 Å². The van der Waals surface area contributed by atoms with Crippen LogP contribution in [0.4, 0.5) is 0 Å². The minimum absolute atomic E-state index is 0.946. The predicted molar refractivity (Wildman–Crippen MR) is 86.9 cm³/mol. The van der Waals surface area contributed by atoms with E-state index in [2.05, 4.69) is 43.3 Å². The van der Waals surface area contributed by atoms with Crippen molar-refractivity contribution in [2.75, 3.05) is 0 Å². The standard InChI is InChI=1S/C20H20O/c1-2-3-6-16-13-21-20-12-18-10-15-8-5-4-7-14(15)9-17(18)11-19(16)20/h4-5,7-10,13H,2-3,6,11-12H2,1H3. The van der Waals surface area contributed by atoms with Gasteiger partial charge in [-0.15, -0.1) is 0 Å². The Bertz CT molecular complexity index is 795. The van der Waals surface area contributed by atoms with E-state index in [1.165, 1.54) is 51.6 Å². The van der Waals surface area contributed by atoms with Crippen LogP contribution in [-0.2, 0) is 19.3 Å². The average Bonchev–Trinajstić information content (AvgIpc) is 2.90. The maximum absolute atomic E-state index is 5.85. The van der Waals surface area contributed by atoms with Crippen molar-refractivity contribution in [2.24, 2.45) is 0 Å². The van der Waals surface area contributed by atoms with E-state index >= 15 is 0 Å². The molecule has 0 saturated heterocycles. The van der Waals surface area contributed by atoms with Crippen molar-refractivity contribution in [3.05, 3.63) is 70.7 Å². The molecule has 0 radical (unpaired) electrons. The highest BCUT2D eigenvalue weighted by molar-refractivity contribution is 5.84. The summed E-state index contributed by atoms with van der Waals surface area (Å²) in [6.45, 7) is 2.24. The Labute approximate surface area is 125 Å². The van der Waals surface area contributed by atoms with Gasteiger partial charge in [-0.05, 0) is 40.3 Å². The average molecular weight is 276 g/mol. The molecule has 4 rings (SSSR count). The number of hydrogen-bond acceptors (Lipinski definition) is 1. The number of benzene rings is 2. The van der Waals surface area contributed by atoms with Crippen LogP contribution in [-0.4, -0.2) is 0 Å². The Hall–Kier alpha value is -2.02. The number of unbranched alkanes of at least 4 members (excludes halogenated alkanes) is 1. The summed E-state index contributed by atoms with van der Waals surface area (Å²) in [6.07, 6.45) is 7.61. The summed E-state index contributed by atoms with van der Waals surface area (Å²) in [5.41, 5.74) is 5.77. The molecule has 1 nitrogen and oxygen atoms in total. The molecular formula is C20H20O. The molecule has 0 spiro atoms. The molecule has 0 unspecified atom stereocenters. The molecule has 106 valence electrons. The van der Waals surface area contributed by atoms with Gasteiger partial charge in [-0.3, -0.25) is 0 Å². The van der Waals surface area contributed by atoms with Crippen LogP contribution in [0.25, 0.3) is 10.8 Å². The SMILES string of the molecule is CCCCc1coc2c1Cc1cc3ccccc3cc1C2. The lowest BCUT2D eigenvalue weighted by atomic mass is 9.86. The first-order chi connectivity index (χ1) is 10.3. The van der Waals surface area contributed by atoms with Gasteiger partial charge in [0.05, 0.1) is 6.26 Å². The van der Waals surface area contributed by atoms with Crippen LogP contribution >= 0.6 is 0 Å². The second-order valence-electron chi connectivity index (χ2n) is 6.09. The molecule has 2 aromatic carbocycles.